The number of carbonyl (C=O) groups is 1. The van der Waals surface area contributed by atoms with E-state index in [-0.39, 0.29) is 0 Å². The molecule has 0 aromatic rings. The zero-order valence-corrected chi connectivity index (χ0v) is 9.84. The average molecular weight is 194 g/mol. The van der Waals surface area contributed by atoms with Gasteiger partial charge in [-0.25, -0.2) is 0 Å². The predicted octanol–water partition coefficient (Wildman–Crippen LogP) is 3.59. The highest BCUT2D eigenvalue weighted by Gasteiger charge is 2.30. The molecule has 1 nitrogen and oxygen atoms in total. The first-order valence-electron chi connectivity index (χ1n) is 5.65. The lowest BCUT2D eigenvalue weighted by atomic mass is 9.71. The van der Waals surface area contributed by atoms with Crippen LogP contribution < -0.4 is 0 Å². The van der Waals surface area contributed by atoms with Crippen LogP contribution in [0.15, 0.2) is 11.6 Å². The minimum atomic E-state index is 0.457. The van der Waals surface area contributed by atoms with E-state index in [9.17, 15) is 4.79 Å². The first kappa shape index (κ1) is 11.5. The second-order valence-electron chi connectivity index (χ2n) is 5.08. The van der Waals surface area contributed by atoms with Crippen molar-refractivity contribution in [2.24, 2.45) is 17.8 Å². The molecule has 1 saturated carbocycles. The number of hydrogen-bond donors (Lipinski definition) is 0. The van der Waals surface area contributed by atoms with Gasteiger partial charge >= 0.3 is 0 Å². The molecule has 0 amide bonds. The zero-order valence-electron chi connectivity index (χ0n) is 9.84. The fourth-order valence-electron chi connectivity index (χ4n) is 2.50. The van der Waals surface area contributed by atoms with Gasteiger partial charge < -0.3 is 0 Å². The Balaban J connectivity index is 2.58. The smallest absolute Gasteiger partial charge is 0.133 e. The third-order valence-electron chi connectivity index (χ3n) is 3.36. The summed E-state index contributed by atoms with van der Waals surface area (Å²) in [4.78, 5) is 11.4. The van der Waals surface area contributed by atoms with E-state index >= 15 is 0 Å². The molecule has 0 radical (unpaired) electrons. The van der Waals surface area contributed by atoms with Crippen molar-refractivity contribution in [2.45, 2.75) is 47.0 Å². The third-order valence-corrected chi connectivity index (χ3v) is 3.36. The maximum Gasteiger partial charge on any atom is 0.133 e. The summed E-state index contributed by atoms with van der Waals surface area (Å²) in [5.41, 5.74) is 1.39. The number of hydrogen-bond acceptors (Lipinski definition) is 1. The topological polar surface area (TPSA) is 17.1 Å². The minimum absolute atomic E-state index is 0.457. The molecular weight excluding hydrogens is 172 g/mol. The molecule has 1 heteroatoms. The highest BCUT2D eigenvalue weighted by molar-refractivity contribution is 5.79. The van der Waals surface area contributed by atoms with Crippen molar-refractivity contribution < 1.29 is 4.79 Å². The van der Waals surface area contributed by atoms with Gasteiger partial charge in [0.2, 0.25) is 0 Å². The van der Waals surface area contributed by atoms with Crippen LogP contribution in [0.25, 0.3) is 0 Å². The van der Waals surface area contributed by atoms with Crippen LogP contribution >= 0.6 is 0 Å². The second kappa shape index (κ2) is 4.77. The maximum atomic E-state index is 11.4. The van der Waals surface area contributed by atoms with E-state index in [1.54, 1.807) is 0 Å². The molecule has 0 N–H and O–H groups in total. The molecular formula is C13H22O. The van der Waals surface area contributed by atoms with Crippen molar-refractivity contribution in [3.63, 3.8) is 0 Å². The monoisotopic (exact) mass is 194 g/mol. The van der Waals surface area contributed by atoms with Gasteiger partial charge in [0.1, 0.15) is 5.78 Å². The maximum absolute atomic E-state index is 11.4. The van der Waals surface area contributed by atoms with Gasteiger partial charge in [-0.05, 0) is 38.0 Å². The van der Waals surface area contributed by atoms with Crippen LogP contribution in [0.4, 0.5) is 0 Å². The number of ketones is 1. The summed E-state index contributed by atoms with van der Waals surface area (Å²) in [5.74, 6) is 2.31. The molecule has 0 bridgehead atoms. The zero-order chi connectivity index (χ0) is 10.7. The molecule has 0 spiro atoms. The highest BCUT2D eigenvalue weighted by Crippen LogP contribution is 2.35. The summed E-state index contributed by atoms with van der Waals surface area (Å²) in [6.45, 7) is 8.72. The van der Waals surface area contributed by atoms with Crippen molar-refractivity contribution in [3.8, 4) is 0 Å². The number of allylic oxidation sites excluding steroid dienone is 2. The summed E-state index contributed by atoms with van der Waals surface area (Å²) in [6, 6.07) is 0. The lowest BCUT2D eigenvalue weighted by Gasteiger charge is -2.33. The van der Waals surface area contributed by atoms with E-state index in [0.29, 0.717) is 23.5 Å². The average Bonchev–Trinajstić information content (AvgIpc) is 2.01. The van der Waals surface area contributed by atoms with E-state index in [1.165, 1.54) is 5.57 Å². The number of rotatable bonds is 2. The largest absolute Gasteiger partial charge is 0.300 e. The van der Waals surface area contributed by atoms with Gasteiger partial charge in [0, 0.05) is 12.8 Å². The standard InChI is InChI=1S/C13H22O/c1-9(2)5-6-13-10(3)7-12(14)8-11(13)4/h5,10-11,13H,6-8H2,1-4H3. The van der Waals surface area contributed by atoms with Crippen LogP contribution in [0.1, 0.15) is 47.0 Å². The van der Waals surface area contributed by atoms with Gasteiger partial charge in [0.25, 0.3) is 0 Å². The molecule has 1 aliphatic carbocycles. The van der Waals surface area contributed by atoms with E-state index in [4.69, 9.17) is 0 Å². The summed E-state index contributed by atoms with van der Waals surface area (Å²) >= 11 is 0. The molecule has 0 aromatic heterocycles. The van der Waals surface area contributed by atoms with Gasteiger partial charge in [0.05, 0.1) is 0 Å². The van der Waals surface area contributed by atoms with E-state index in [1.807, 2.05) is 0 Å². The summed E-state index contributed by atoms with van der Waals surface area (Å²) in [5, 5.41) is 0. The van der Waals surface area contributed by atoms with Gasteiger partial charge in [-0.15, -0.1) is 0 Å². The fraction of sp³-hybridized carbons (Fsp3) is 0.769. The van der Waals surface area contributed by atoms with E-state index in [0.717, 1.165) is 19.3 Å². The van der Waals surface area contributed by atoms with Gasteiger partial charge in [-0.2, -0.15) is 0 Å². The molecule has 80 valence electrons. The summed E-state index contributed by atoms with van der Waals surface area (Å²) in [7, 11) is 0. The van der Waals surface area contributed by atoms with Crippen molar-refractivity contribution in [1.29, 1.82) is 0 Å². The van der Waals surface area contributed by atoms with Crippen LogP contribution in [0.3, 0.4) is 0 Å². The SMILES string of the molecule is CC(C)=CCC1C(C)CC(=O)CC1C. The number of Topliss-reactive ketones (excluding diaryl/α,β-unsaturated/α-hetero) is 1. The van der Waals surface area contributed by atoms with Crippen molar-refractivity contribution in [2.75, 3.05) is 0 Å². The van der Waals surface area contributed by atoms with E-state index < -0.39 is 0 Å². The van der Waals surface area contributed by atoms with Gasteiger partial charge in [-0.1, -0.05) is 25.5 Å². The lowest BCUT2D eigenvalue weighted by molar-refractivity contribution is -0.124. The number of carbonyl (C=O) groups excluding carboxylic acids is 1. The normalized spacial score (nSPS) is 32.9. The predicted molar refractivity (Wildman–Crippen MR) is 60.1 cm³/mol. The van der Waals surface area contributed by atoms with Crippen LogP contribution in [0.5, 0.6) is 0 Å². The molecule has 0 saturated heterocycles. The molecule has 0 aliphatic heterocycles. The Morgan fingerprint density at radius 1 is 1.29 bits per heavy atom. The fourth-order valence-corrected chi connectivity index (χ4v) is 2.50. The van der Waals surface area contributed by atoms with Gasteiger partial charge in [0.15, 0.2) is 0 Å². The molecule has 2 atom stereocenters. The summed E-state index contributed by atoms with van der Waals surface area (Å²) < 4.78 is 0. The van der Waals surface area contributed by atoms with Crippen molar-refractivity contribution >= 4 is 5.78 Å². The minimum Gasteiger partial charge on any atom is -0.300 e. The molecule has 1 aliphatic rings. The molecule has 2 unspecified atom stereocenters. The van der Waals surface area contributed by atoms with Crippen LogP contribution in [-0.2, 0) is 4.79 Å². The Bertz CT molecular complexity index is 222. The summed E-state index contributed by atoms with van der Waals surface area (Å²) in [6.07, 6.45) is 5.06. The molecule has 0 heterocycles. The van der Waals surface area contributed by atoms with Gasteiger partial charge in [-0.3, -0.25) is 4.79 Å². The first-order valence-corrected chi connectivity index (χ1v) is 5.65. The molecule has 14 heavy (non-hydrogen) atoms. The van der Waals surface area contributed by atoms with Crippen molar-refractivity contribution in [3.05, 3.63) is 11.6 Å². The second-order valence-corrected chi connectivity index (χ2v) is 5.08. The van der Waals surface area contributed by atoms with Crippen LogP contribution in [0.2, 0.25) is 0 Å². The van der Waals surface area contributed by atoms with Crippen LogP contribution in [0, 0.1) is 17.8 Å². The van der Waals surface area contributed by atoms with E-state index in [2.05, 4.69) is 33.8 Å². The molecule has 0 aromatic carbocycles. The first-order chi connectivity index (χ1) is 6.50. The third kappa shape index (κ3) is 2.97. The molecule has 1 fully saturated rings. The Kier molecular flexibility index (Phi) is 3.91. The van der Waals surface area contributed by atoms with Crippen LogP contribution in [-0.4, -0.2) is 5.78 Å². The Morgan fingerprint density at radius 2 is 1.79 bits per heavy atom. The lowest BCUT2D eigenvalue weighted by Crippen LogP contribution is -2.29. The Labute approximate surface area is 87.6 Å². The van der Waals surface area contributed by atoms with Crippen molar-refractivity contribution in [1.82, 2.24) is 0 Å². The quantitative estimate of drug-likeness (QED) is 0.614. The Morgan fingerprint density at radius 3 is 2.21 bits per heavy atom. The Hall–Kier alpha value is -0.590. The molecule has 1 rings (SSSR count). The highest BCUT2D eigenvalue weighted by atomic mass is 16.1.